The van der Waals surface area contributed by atoms with Crippen LogP contribution in [0.4, 0.5) is 22.7 Å². The topological polar surface area (TPSA) is 109 Å². The van der Waals surface area contributed by atoms with Crippen molar-refractivity contribution in [1.82, 2.24) is 9.55 Å². The van der Waals surface area contributed by atoms with E-state index in [0.29, 0.717) is 24.3 Å². The first-order valence-corrected chi connectivity index (χ1v) is 12.7. The molecule has 0 spiro atoms. The number of rotatable bonds is 10. The molecule has 196 valence electrons. The van der Waals surface area contributed by atoms with E-state index in [1.165, 1.54) is 12.1 Å². The summed E-state index contributed by atoms with van der Waals surface area (Å²) >= 11 is 0. The minimum absolute atomic E-state index is 0.0120. The molecule has 9 heteroatoms. The lowest BCUT2D eigenvalue weighted by atomic mass is 10.1. The van der Waals surface area contributed by atoms with Crippen LogP contribution in [-0.2, 0) is 6.54 Å². The summed E-state index contributed by atoms with van der Waals surface area (Å²) < 4.78 is 2.07. The molecule has 4 aromatic carbocycles. The highest BCUT2D eigenvalue weighted by Gasteiger charge is 2.16. The number of azo groups is 1. The lowest BCUT2D eigenvalue weighted by Crippen LogP contribution is -2.25. The molecule has 1 heterocycles. The van der Waals surface area contributed by atoms with Gasteiger partial charge in [-0.05, 0) is 67.1 Å². The molecule has 0 saturated heterocycles. The molecule has 0 aliphatic heterocycles. The lowest BCUT2D eigenvalue weighted by molar-refractivity contribution is -0.384. The van der Waals surface area contributed by atoms with Crippen LogP contribution in [0, 0.1) is 10.1 Å². The van der Waals surface area contributed by atoms with E-state index in [2.05, 4.69) is 19.7 Å². The predicted molar refractivity (Wildman–Crippen MR) is 153 cm³/mol. The first kappa shape index (κ1) is 25.7. The van der Waals surface area contributed by atoms with Crippen LogP contribution in [-0.4, -0.2) is 39.3 Å². The molecule has 0 saturated carbocycles. The molecule has 1 aromatic heterocycles. The number of aliphatic hydroxyl groups is 1. The van der Waals surface area contributed by atoms with E-state index in [-0.39, 0.29) is 12.3 Å². The van der Waals surface area contributed by atoms with Gasteiger partial charge in [0.25, 0.3) is 5.69 Å². The van der Waals surface area contributed by atoms with Crippen molar-refractivity contribution in [1.29, 1.82) is 0 Å². The van der Waals surface area contributed by atoms with Gasteiger partial charge in [-0.3, -0.25) is 10.1 Å². The number of benzene rings is 4. The highest BCUT2D eigenvalue weighted by atomic mass is 16.6. The molecule has 5 aromatic rings. The van der Waals surface area contributed by atoms with Gasteiger partial charge in [0.05, 0.1) is 33.9 Å². The average Bonchev–Trinajstić information content (AvgIpc) is 3.33. The minimum Gasteiger partial charge on any atom is -0.395 e. The molecule has 1 N–H and O–H groups in total. The molecule has 0 atom stereocenters. The Labute approximate surface area is 225 Å². The summed E-state index contributed by atoms with van der Waals surface area (Å²) in [6.45, 7) is 4.13. The summed E-state index contributed by atoms with van der Waals surface area (Å²) in [5, 5.41) is 29.3. The van der Waals surface area contributed by atoms with Crippen molar-refractivity contribution in [3.05, 3.63) is 113 Å². The first-order chi connectivity index (χ1) is 19.1. The first-order valence-electron chi connectivity index (χ1n) is 12.7. The fraction of sp³-hybridized carbons (Fsp3) is 0.167. The molecule has 9 nitrogen and oxygen atoms in total. The van der Waals surface area contributed by atoms with Gasteiger partial charge in [0.15, 0.2) is 0 Å². The maximum atomic E-state index is 11.3. The molecule has 0 aliphatic rings. The summed E-state index contributed by atoms with van der Waals surface area (Å²) in [5.74, 6) is 0.719. The number of hydrogen-bond acceptors (Lipinski definition) is 7. The summed E-state index contributed by atoms with van der Waals surface area (Å²) in [7, 11) is 0. The van der Waals surface area contributed by atoms with Gasteiger partial charge >= 0.3 is 0 Å². The fourth-order valence-corrected chi connectivity index (χ4v) is 4.49. The van der Waals surface area contributed by atoms with E-state index in [9.17, 15) is 15.2 Å². The van der Waals surface area contributed by atoms with Crippen molar-refractivity contribution in [2.24, 2.45) is 10.2 Å². The van der Waals surface area contributed by atoms with E-state index in [0.717, 1.165) is 40.4 Å². The van der Waals surface area contributed by atoms with Gasteiger partial charge in [-0.1, -0.05) is 30.3 Å². The number of aromatic nitrogens is 2. The van der Waals surface area contributed by atoms with E-state index >= 15 is 0 Å². The normalized spacial score (nSPS) is 11.3. The zero-order valence-electron chi connectivity index (χ0n) is 21.5. The molecule has 0 radical (unpaired) electrons. The van der Waals surface area contributed by atoms with Crippen molar-refractivity contribution in [2.45, 2.75) is 13.5 Å². The number of likely N-dealkylation sites (N-methyl/N-ethyl adjacent to an activating group) is 1. The van der Waals surface area contributed by atoms with Gasteiger partial charge in [0.2, 0.25) is 0 Å². The van der Waals surface area contributed by atoms with Gasteiger partial charge in [-0.2, -0.15) is 10.2 Å². The van der Waals surface area contributed by atoms with Gasteiger partial charge in [0.1, 0.15) is 5.82 Å². The van der Waals surface area contributed by atoms with Crippen molar-refractivity contribution >= 4 is 33.8 Å². The lowest BCUT2D eigenvalue weighted by Gasteiger charge is -2.21. The average molecular weight is 521 g/mol. The highest BCUT2D eigenvalue weighted by Crippen LogP contribution is 2.30. The number of hydrogen-bond donors (Lipinski definition) is 1. The van der Waals surface area contributed by atoms with Crippen LogP contribution in [0.25, 0.3) is 22.4 Å². The van der Waals surface area contributed by atoms with Crippen LogP contribution in [0.5, 0.6) is 0 Å². The zero-order chi connectivity index (χ0) is 27.2. The van der Waals surface area contributed by atoms with E-state index in [1.807, 2.05) is 85.8 Å². The van der Waals surface area contributed by atoms with Crippen LogP contribution in [0.3, 0.4) is 0 Å². The summed E-state index contributed by atoms with van der Waals surface area (Å²) in [5.41, 5.74) is 5.84. The predicted octanol–water partition coefficient (Wildman–Crippen LogP) is 6.89. The van der Waals surface area contributed by atoms with E-state index in [1.54, 1.807) is 6.07 Å². The molecule has 0 aliphatic carbocycles. The number of anilines is 1. The highest BCUT2D eigenvalue weighted by molar-refractivity contribution is 5.83. The van der Waals surface area contributed by atoms with Crippen LogP contribution < -0.4 is 4.90 Å². The maximum Gasteiger partial charge on any atom is 0.271 e. The number of nitro benzene ring substituents is 1. The molecule has 39 heavy (non-hydrogen) atoms. The van der Waals surface area contributed by atoms with Crippen LogP contribution in [0.15, 0.2) is 107 Å². The van der Waals surface area contributed by atoms with Crippen molar-refractivity contribution in [2.75, 3.05) is 24.6 Å². The Balaban J connectivity index is 1.41. The van der Waals surface area contributed by atoms with E-state index < -0.39 is 4.92 Å². The van der Waals surface area contributed by atoms with Crippen LogP contribution in [0.1, 0.15) is 12.5 Å². The standard InChI is InChI=1S/C30H28N6O3/c1-2-34(18-19-37)26-14-12-25(13-15-26)33-32-24-10-8-23(9-11-24)30-31-28-20-27(36(38)39)16-17-29(28)35(30)21-22-6-4-3-5-7-22/h3-17,20,37H,2,18-19,21H2,1H3. The number of imidazole rings is 1. The molecule has 0 amide bonds. The van der Waals surface area contributed by atoms with Crippen molar-refractivity contribution in [3.8, 4) is 11.4 Å². The second-order valence-corrected chi connectivity index (χ2v) is 9.00. The second-order valence-electron chi connectivity index (χ2n) is 9.00. The van der Waals surface area contributed by atoms with Crippen molar-refractivity contribution in [3.63, 3.8) is 0 Å². The smallest absolute Gasteiger partial charge is 0.271 e. The third kappa shape index (κ3) is 5.83. The summed E-state index contributed by atoms with van der Waals surface area (Å²) in [6, 6.07) is 30.2. The molecular weight excluding hydrogens is 492 g/mol. The van der Waals surface area contributed by atoms with Gasteiger partial charge in [0, 0.05) is 43.0 Å². The molecule has 0 fully saturated rings. The summed E-state index contributed by atoms with van der Waals surface area (Å²) in [4.78, 5) is 17.8. The minimum atomic E-state index is -0.405. The fourth-order valence-electron chi connectivity index (χ4n) is 4.49. The second kappa shape index (κ2) is 11.7. The Bertz CT molecular complexity index is 1600. The Morgan fingerprint density at radius 1 is 0.923 bits per heavy atom. The number of nitro groups is 1. The van der Waals surface area contributed by atoms with E-state index in [4.69, 9.17) is 4.98 Å². The molecule has 0 bridgehead atoms. The number of aliphatic hydroxyl groups excluding tert-OH is 1. The van der Waals surface area contributed by atoms with Gasteiger partial charge in [-0.25, -0.2) is 4.98 Å². The number of non-ortho nitro benzene ring substituents is 1. The molecule has 5 rings (SSSR count). The summed E-state index contributed by atoms with van der Waals surface area (Å²) in [6.07, 6.45) is 0. The largest absolute Gasteiger partial charge is 0.395 e. The number of nitrogens with zero attached hydrogens (tertiary/aromatic N) is 6. The Morgan fingerprint density at radius 2 is 1.59 bits per heavy atom. The monoisotopic (exact) mass is 520 g/mol. The van der Waals surface area contributed by atoms with Crippen LogP contribution >= 0.6 is 0 Å². The van der Waals surface area contributed by atoms with Gasteiger partial charge in [-0.15, -0.1) is 0 Å². The van der Waals surface area contributed by atoms with Crippen LogP contribution in [0.2, 0.25) is 0 Å². The third-order valence-corrected chi connectivity index (χ3v) is 6.50. The quantitative estimate of drug-likeness (QED) is 0.122. The Kier molecular flexibility index (Phi) is 7.70. The molecular formula is C30H28N6O3. The Hall–Kier alpha value is -4.89. The zero-order valence-corrected chi connectivity index (χ0v) is 21.5. The SMILES string of the molecule is CCN(CCO)c1ccc(N=Nc2ccc(-c3nc4cc([N+](=O)[O-])ccc4n3Cc3ccccc3)cc2)cc1. The molecule has 0 unspecified atom stereocenters. The Morgan fingerprint density at radius 3 is 2.21 bits per heavy atom. The van der Waals surface area contributed by atoms with Gasteiger partial charge < -0.3 is 14.6 Å². The van der Waals surface area contributed by atoms with Crippen molar-refractivity contribution < 1.29 is 10.0 Å². The maximum absolute atomic E-state index is 11.3. The number of fused-ring (bicyclic) bond motifs is 1. The third-order valence-electron chi connectivity index (χ3n) is 6.50.